The SMILES string of the molecule is Cc1ccc(C)n1-c1nc2cc(Br)cnc2n1C. The minimum Gasteiger partial charge on any atom is -0.297 e. The zero-order valence-corrected chi connectivity index (χ0v) is 12.1. The van der Waals surface area contributed by atoms with Crippen LogP contribution in [0.25, 0.3) is 17.1 Å². The molecule has 0 N–H and O–H groups in total. The molecule has 0 aliphatic carbocycles. The molecule has 0 saturated heterocycles. The number of nitrogens with zero attached hydrogens (tertiary/aromatic N) is 4. The zero-order valence-electron chi connectivity index (χ0n) is 10.5. The molecule has 0 atom stereocenters. The highest BCUT2D eigenvalue weighted by Crippen LogP contribution is 2.21. The molecule has 0 fully saturated rings. The number of rotatable bonds is 1. The Morgan fingerprint density at radius 1 is 1.17 bits per heavy atom. The van der Waals surface area contributed by atoms with E-state index in [1.807, 2.05) is 17.7 Å². The van der Waals surface area contributed by atoms with Crippen molar-refractivity contribution in [3.8, 4) is 5.95 Å². The summed E-state index contributed by atoms with van der Waals surface area (Å²) in [5.74, 6) is 0.899. The van der Waals surface area contributed by atoms with Crippen LogP contribution in [0.1, 0.15) is 11.4 Å². The lowest BCUT2D eigenvalue weighted by molar-refractivity contribution is 0.801. The maximum Gasteiger partial charge on any atom is 0.216 e. The van der Waals surface area contributed by atoms with Crippen molar-refractivity contribution in [2.45, 2.75) is 13.8 Å². The van der Waals surface area contributed by atoms with E-state index in [4.69, 9.17) is 0 Å². The van der Waals surface area contributed by atoms with Crippen LogP contribution in [0.15, 0.2) is 28.9 Å². The van der Waals surface area contributed by atoms with Crippen LogP contribution in [0.3, 0.4) is 0 Å². The predicted molar refractivity (Wildman–Crippen MR) is 75.0 cm³/mol. The summed E-state index contributed by atoms with van der Waals surface area (Å²) >= 11 is 3.43. The third-order valence-corrected chi connectivity index (χ3v) is 3.56. The Hall–Kier alpha value is -1.62. The average Bonchev–Trinajstić information content (AvgIpc) is 2.80. The summed E-state index contributed by atoms with van der Waals surface area (Å²) < 4.78 is 5.10. The van der Waals surface area contributed by atoms with E-state index in [-0.39, 0.29) is 0 Å². The van der Waals surface area contributed by atoms with Gasteiger partial charge < -0.3 is 0 Å². The largest absolute Gasteiger partial charge is 0.297 e. The summed E-state index contributed by atoms with van der Waals surface area (Å²) in [6.07, 6.45) is 1.79. The van der Waals surface area contributed by atoms with Crippen LogP contribution >= 0.6 is 15.9 Å². The molecule has 3 rings (SSSR count). The zero-order chi connectivity index (χ0) is 12.9. The monoisotopic (exact) mass is 304 g/mol. The van der Waals surface area contributed by atoms with Gasteiger partial charge in [0.2, 0.25) is 5.95 Å². The number of hydrogen-bond acceptors (Lipinski definition) is 2. The Bertz CT molecular complexity index is 719. The van der Waals surface area contributed by atoms with Crippen molar-refractivity contribution in [3.05, 3.63) is 40.3 Å². The molecule has 4 nitrogen and oxygen atoms in total. The van der Waals surface area contributed by atoms with E-state index in [0.717, 1.165) is 21.6 Å². The van der Waals surface area contributed by atoms with Crippen molar-refractivity contribution >= 4 is 27.1 Å². The fourth-order valence-corrected chi connectivity index (χ4v) is 2.54. The number of fused-ring (bicyclic) bond motifs is 1. The van der Waals surface area contributed by atoms with E-state index in [2.05, 4.69) is 56.4 Å². The van der Waals surface area contributed by atoms with E-state index in [1.54, 1.807) is 6.20 Å². The van der Waals surface area contributed by atoms with Crippen LogP contribution in [-0.2, 0) is 7.05 Å². The van der Waals surface area contributed by atoms with E-state index < -0.39 is 0 Å². The molecule has 0 radical (unpaired) electrons. The van der Waals surface area contributed by atoms with Crippen molar-refractivity contribution in [2.24, 2.45) is 7.05 Å². The third kappa shape index (κ3) is 1.58. The quantitative estimate of drug-likeness (QED) is 0.692. The molecule has 0 amide bonds. The number of imidazole rings is 1. The van der Waals surface area contributed by atoms with Gasteiger partial charge in [-0.3, -0.25) is 9.13 Å². The summed E-state index contributed by atoms with van der Waals surface area (Å²) in [5, 5.41) is 0. The summed E-state index contributed by atoms with van der Waals surface area (Å²) in [5.41, 5.74) is 4.13. The molecular weight excluding hydrogens is 292 g/mol. The molecule has 3 heterocycles. The van der Waals surface area contributed by atoms with Gasteiger partial charge in [0, 0.05) is 29.1 Å². The summed E-state index contributed by atoms with van der Waals surface area (Å²) in [6, 6.07) is 6.18. The van der Waals surface area contributed by atoms with E-state index >= 15 is 0 Å². The molecule has 0 aromatic carbocycles. The van der Waals surface area contributed by atoms with Crippen molar-refractivity contribution in [1.82, 2.24) is 19.1 Å². The highest BCUT2D eigenvalue weighted by Gasteiger charge is 2.13. The fraction of sp³-hybridized carbons (Fsp3) is 0.231. The van der Waals surface area contributed by atoms with Crippen LogP contribution in [0.4, 0.5) is 0 Å². The lowest BCUT2D eigenvalue weighted by atomic mass is 10.4. The van der Waals surface area contributed by atoms with E-state index in [0.29, 0.717) is 0 Å². The molecule has 0 spiro atoms. The Labute approximate surface area is 113 Å². The van der Waals surface area contributed by atoms with Gasteiger partial charge in [-0.15, -0.1) is 0 Å². The second kappa shape index (κ2) is 3.95. The first-order valence-electron chi connectivity index (χ1n) is 5.71. The van der Waals surface area contributed by atoms with E-state index in [9.17, 15) is 0 Å². The van der Waals surface area contributed by atoms with E-state index in [1.165, 1.54) is 11.4 Å². The lowest BCUT2D eigenvalue weighted by Gasteiger charge is -2.08. The molecule has 92 valence electrons. The summed E-state index contributed by atoms with van der Waals surface area (Å²) in [4.78, 5) is 9.08. The molecular formula is C13H13BrN4. The van der Waals surface area contributed by atoms with Crippen molar-refractivity contribution < 1.29 is 0 Å². The van der Waals surface area contributed by atoms with Gasteiger partial charge in [-0.25, -0.2) is 9.97 Å². The molecule has 0 unspecified atom stereocenters. The van der Waals surface area contributed by atoms with Gasteiger partial charge in [-0.2, -0.15) is 0 Å². The van der Waals surface area contributed by atoms with Gasteiger partial charge in [0.15, 0.2) is 5.65 Å². The predicted octanol–water partition coefficient (Wildman–Crippen LogP) is 3.14. The number of aromatic nitrogens is 4. The third-order valence-electron chi connectivity index (χ3n) is 3.12. The molecule has 0 bridgehead atoms. The molecule has 0 aliphatic heterocycles. The van der Waals surface area contributed by atoms with Gasteiger partial charge in [-0.1, -0.05) is 0 Å². The van der Waals surface area contributed by atoms with Crippen molar-refractivity contribution in [3.63, 3.8) is 0 Å². The maximum atomic E-state index is 4.67. The number of aryl methyl sites for hydroxylation is 3. The summed E-state index contributed by atoms with van der Waals surface area (Å²) in [7, 11) is 1.99. The normalized spacial score (nSPS) is 11.3. The molecule has 18 heavy (non-hydrogen) atoms. The smallest absolute Gasteiger partial charge is 0.216 e. The minimum absolute atomic E-state index is 0.890. The van der Waals surface area contributed by atoms with Gasteiger partial charge in [0.05, 0.1) is 0 Å². The molecule has 5 heteroatoms. The Balaban J connectivity index is 2.34. The van der Waals surface area contributed by atoms with Crippen LogP contribution in [0.5, 0.6) is 0 Å². The van der Waals surface area contributed by atoms with Crippen LogP contribution in [-0.4, -0.2) is 19.1 Å². The molecule has 0 aliphatic rings. The van der Waals surface area contributed by atoms with Crippen LogP contribution < -0.4 is 0 Å². The lowest BCUT2D eigenvalue weighted by Crippen LogP contribution is -2.06. The van der Waals surface area contributed by atoms with Gasteiger partial charge in [-0.05, 0) is 48.0 Å². The Morgan fingerprint density at radius 2 is 1.83 bits per heavy atom. The molecule has 3 aromatic heterocycles. The standard InChI is InChI=1S/C13H13BrN4/c1-8-4-5-9(2)18(8)13-16-11-6-10(14)7-15-12(11)17(13)3/h4-7H,1-3H3. The Kier molecular flexibility index (Phi) is 2.52. The minimum atomic E-state index is 0.890. The van der Waals surface area contributed by atoms with Crippen LogP contribution in [0.2, 0.25) is 0 Å². The highest BCUT2D eigenvalue weighted by atomic mass is 79.9. The first-order chi connectivity index (χ1) is 8.58. The summed E-state index contributed by atoms with van der Waals surface area (Å²) in [6.45, 7) is 4.16. The van der Waals surface area contributed by atoms with Gasteiger partial charge in [0.25, 0.3) is 0 Å². The van der Waals surface area contributed by atoms with Gasteiger partial charge >= 0.3 is 0 Å². The first kappa shape index (κ1) is 11.5. The topological polar surface area (TPSA) is 35.6 Å². The van der Waals surface area contributed by atoms with Gasteiger partial charge in [0.1, 0.15) is 5.52 Å². The van der Waals surface area contributed by atoms with Crippen molar-refractivity contribution in [2.75, 3.05) is 0 Å². The molecule has 3 aromatic rings. The number of pyridine rings is 1. The highest BCUT2D eigenvalue weighted by molar-refractivity contribution is 9.10. The fourth-order valence-electron chi connectivity index (χ4n) is 2.22. The van der Waals surface area contributed by atoms with Crippen LogP contribution in [0, 0.1) is 13.8 Å². The first-order valence-corrected chi connectivity index (χ1v) is 6.50. The number of halogens is 1. The Morgan fingerprint density at radius 3 is 2.50 bits per heavy atom. The van der Waals surface area contributed by atoms with Crippen molar-refractivity contribution in [1.29, 1.82) is 0 Å². The second-order valence-electron chi connectivity index (χ2n) is 4.42. The maximum absolute atomic E-state index is 4.67. The molecule has 0 saturated carbocycles. The number of hydrogen-bond donors (Lipinski definition) is 0. The average molecular weight is 305 g/mol. The second-order valence-corrected chi connectivity index (χ2v) is 5.33.